The molecule has 0 radical (unpaired) electrons. The van der Waals surface area contributed by atoms with E-state index in [9.17, 15) is 4.79 Å². The molecule has 2 rings (SSSR count). The maximum Gasteiger partial charge on any atom is 0.163 e. The Morgan fingerprint density at radius 2 is 2.29 bits per heavy atom. The van der Waals surface area contributed by atoms with Crippen LogP contribution in [0.5, 0.6) is 0 Å². The van der Waals surface area contributed by atoms with Crippen LogP contribution >= 0.6 is 0 Å². The third-order valence-corrected chi connectivity index (χ3v) is 3.54. The number of methoxy groups -OCH3 is 1. The van der Waals surface area contributed by atoms with E-state index in [0.717, 1.165) is 41.8 Å². The molecular formula is C17H22N2O2. The molecule has 1 aromatic heterocycles. The van der Waals surface area contributed by atoms with Crippen LogP contribution in [0.2, 0.25) is 0 Å². The normalized spacial score (nSPS) is 11.0. The Morgan fingerprint density at radius 3 is 2.95 bits per heavy atom. The minimum absolute atomic E-state index is 0.144. The molecule has 4 nitrogen and oxygen atoms in total. The standard InChI is InChI=1S/C17H22N2O2/c1-4-7-17-18-14-12-13(16(20)8-6-11-21-3)9-10-15(14)19(17)5-2/h4,9-10,12H,1,5-8,11H2,2-3H3. The molecule has 112 valence electrons. The number of aryl methyl sites for hydroxylation is 1. The average molecular weight is 286 g/mol. The first kappa shape index (κ1) is 15.4. The van der Waals surface area contributed by atoms with Crippen molar-refractivity contribution in [3.05, 3.63) is 42.2 Å². The topological polar surface area (TPSA) is 44.1 Å². The summed E-state index contributed by atoms with van der Waals surface area (Å²) in [4.78, 5) is 16.8. The van der Waals surface area contributed by atoms with Gasteiger partial charge in [-0.1, -0.05) is 6.08 Å². The monoisotopic (exact) mass is 286 g/mol. The van der Waals surface area contributed by atoms with E-state index in [1.165, 1.54) is 0 Å². The smallest absolute Gasteiger partial charge is 0.163 e. The van der Waals surface area contributed by atoms with Gasteiger partial charge in [-0.05, 0) is 31.5 Å². The Labute approximate surface area is 125 Å². The van der Waals surface area contributed by atoms with Gasteiger partial charge in [0.25, 0.3) is 0 Å². The lowest BCUT2D eigenvalue weighted by Crippen LogP contribution is -2.02. The fraction of sp³-hybridized carbons (Fsp3) is 0.412. The van der Waals surface area contributed by atoms with Gasteiger partial charge in [-0.25, -0.2) is 4.98 Å². The van der Waals surface area contributed by atoms with Crippen molar-refractivity contribution in [1.82, 2.24) is 9.55 Å². The Hall–Kier alpha value is -1.94. The van der Waals surface area contributed by atoms with E-state index in [1.807, 2.05) is 24.3 Å². The Bertz CT molecular complexity index is 644. The van der Waals surface area contributed by atoms with E-state index in [2.05, 4.69) is 23.1 Å². The lowest BCUT2D eigenvalue weighted by Gasteiger charge is -2.04. The van der Waals surface area contributed by atoms with Gasteiger partial charge in [0.15, 0.2) is 5.78 Å². The molecule has 21 heavy (non-hydrogen) atoms. The largest absolute Gasteiger partial charge is 0.385 e. The fourth-order valence-corrected chi connectivity index (χ4v) is 2.51. The van der Waals surface area contributed by atoms with E-state index < -0.39 is 0 Å². The third-order valence-electron chi connectivity index (χ3n) is 3.54. The van der Waals surface area contributed by atoms with Crippen LogP contribution in [-0.2, 0) is 17.7 Å². The number of aromatic nitrogens is 2. The van der Waals surface area contributed by atoms with E-state index in [0.29, 0.717) is 13.0 Å². The van der Waals surface area contributed by atoms with Gasteiger partial charge in [-0.3, -0.25) is 4.79 Å². The van der Waals surface area contributed by atoms with Crippen molar-refractivity contribution in [1.29, 1.82) is 0 Å². The molecule has 0 atom stereocenters. The van der Waals surface area contributed by atoms with Gasteiger partial charge in [-0.15, -0.1) is 6.58 Å². The highest BCUT2D eigenvalue weighted by molar-refractivity contribution is 5.98. The molecule has 0 amide bonds. The molecule has 2 aromatic rings. The van der Waals surface area contributed by atoms with Crippen molar-refractivity contribution in [3.63, 3.8) is 0 Å². The molecule has 0 N–H and O–H groups in total. The van der Waals surface area contributed by atoms with E-state index in [4.69, 9.17) is 4.74 Å². The van der Waals surface area contributed by atoms with Crippen molar-refractivity contribution >= 4 is 16.8 Å². The summed E-state index contributed by atoms with van der Waals surface area (Å²) in [5.41, 5.74) is 2.68. The van der Waals surface area contributed by atoms with E-state index in [-0.39, 0.29) is 5.78 Å². The molecule has 0 aliphatic carbocycles. The number of nitrogens with zero attached hydrogens (tertiary/aromatic N) is 2. The SMILES string of the molecule is C=CCc1nc2cc(C(=O)CCCOC)ccc2n1CC. The Kier molecular flexibility index (Phi) is 5.28. The number of carbonyl (C=O) groups excluding carboxylic acids is 1. The number of benzene rings is 1. The summed E-state index contributed by atoms with van der Waals surface area (Å²) >= 11 is 0. The minimum atomic E-state index is 0.144. The zero-order valence-corrected chi connectivity index (χ0v) is 12.8. The lowest BCUT2D eigenvalue weighted by molar-refractivity contribution is 0.0963. The van der Waals surface area contributed by atoms with Gasteiger partial charge in [0, 0.05) is 38.7 Å². The highest BCUT2D eigenvalue weighted by Gasteiger charge is 2.12. The second kappa shape index (κ2) is 7.18. The van der Waals surface area contributed by atoms with Crippen molar-refractivity contribution in [2.24, 2.45) is 0 Å². The number of ether oxygens (including phenoxy) is 1. The highest BCUT2D eigenvalue weighted by Crippen LogP contribution is 2.19. The zero-order valence-electron chi connectivity index (χ0n) is 12.8. The number of Topliss-reactive ketones (excluding diaryl/α,β-unsaturated/α-hetero) is 1. The van der Waals surface area contributed by atoms with Gasteiger partial charge in [0.05, 0.1) is 11.0 Å². The van der Waals surface area contributed by atoms with Crippen LogP contribution in [-0.4, -0.2) is 29.1 Å². The molecule has 0 bridgehead atoms. The molecule has 4 heteroatoms. The Balaban J connectivity index is 2.29. The first-order chi connectivity index (χ1) is 10.2. The van der Waals surface area contributed by atoms with Crippen molar-refractivity contribution in [2.45, 2.75) is 32.7 Å². The molecule has 1 heterocycles. The van der Waals surface area contributed by atoms with Crippen LogP contribution in [0.1, 0.15) is 35.9 Å². The maximum absolute atomic E-state index is 12.1. The van der Waals surface area contributed by atoms with E-state index >= 15 is 0 Å². The van der Waals surface area contributed by atoms with Crippen LogP contribution in [0.25, 0.3) is 11.0 Å². The lowest BCUT2D eigenvalue weighted by atomic mass is 10.1. The van der Waals surface area contributed by atoms with Crippen molar-refractivity contribution < 1.29 is 9.53 Å². The van der Waals surface area contributed by atoms with Gasteiger partial charge < -0.3 is 9.30 Å². The molecule has 0 aliphatic heterocycles. The van der Waals surface area contributed by atoms with Gasteiger partial charge in [0.2, 0.25) is 0 Å². The number of imidazole rings is 1. The predicted octanol–water partition coefficient (Wildman–Crippen LogP) is 3.39. The number of ketones is 1. The fourth-order valence-electron chi connectivity index (χ4n) is 2.51. The summed E-state index contributed by atoms with van der Waals surface area (Å²) in [5.74, 6) is 1.14. The number of carbonyl (C=O) groups is 1. The van der Waals surface area contributed by atoms with Crippen molar-refractivity contribution in [2.75, 3.05) is 13.7 Å². The second-order valence-electron chi connectivity index (χ2n) is 4.99. The summed E-state index contributed by atoms with van der Waals surface area (Å²) in [6.07, 6.45) is 3.84. The third kappa shape index (κ3) is 3.39. The van der Waals surface area contributed by atoms with Gasteiger partial charge >= 0.3 is 0 Å². The number of hydrogen-bond donors (Lipinski definition) is 0. The summed E-state index contributed by atoms with van der Waals surface area (Å²) in [7, 11) is 1.65. The minimum Gasteiger partial charge on any atom is -0.385 e. The number of allylic oxidation sites excluding steroid dienone is 1. The maximum atomic E-state index is 12.1. The summed E-state index contributed by atoms with van der Waals surface area (Å²) in [6, 6.07) is 5.77. The molecule has 1 aromatic carbocycles. The first-order valence-corrected chi connectivity index (χ1v) is 7.33. The van der Waals surface area contributed by atoms with E-state index in [1.54, 1.807) is 7.11 Å². The molecule has 0 spiro atoms. The van der Waals surface area contributed by atoms with Crippen LogP contribution < -0.4 is 0 Å². The van der Waals surface area contributed by atoms with Crippen molar-refractivity contribution in [3.8, 4) is 0 Å². The number of fused-ring (bicyclic) bond motifs is 1. The first-order valence-electron chi connectivity index (χ1n) is 7.33. The van der Waals surface area contributed by atoms with Crippen LogP contribution in [0.15, 0.2) is 30.9 Å². The summed E-state index contributed by atoms with van der Waals surface area (Å²) in [5, 5.41) is 0. The van der Waals surface area contributed by atoms with Gasteiger partial charge in [0.1, 0.15) is 5.82 Å². The van der Waals surface area contributed by atoms with Crippen LogP contribution in [0.3, 0.4) is 0 Å². The molecule has 0 fully saturated rings. The molecular weight excluding hydrogens is 264 g/mol. The average Bonchev–Trinajstić information content (AvgIpc) is 2.84. The Morgan fingerprint density at radius 1 is 1.48 bits per heavy atom. The predicted molar refractivity (Wildman–Crippen MR) is 84.7 cm³/mol. The number of rotatable bonds is 8. The second-order valence-corrected chi connectivity index (χ2v) is 4.99. The number of hydrogen-bond acceptors (Lipinski definition) is 3. The zero-order chi connectivity index (χ0) is 15.2. The molecule has 0 saturated heterocycles. The quantitative estimate of drug-likeness (QED) is 0.424. The highest BCUT2D eigenvalue weighted by atomic mass is 16.5. The summed E-state index contributed by atoms with van der Waals surface area (Å²) in [6.45, 7) is 7.34. The van der Waals surface area contributed by atoms with Crippen LogP contribution in [0.4, 0.5) is 0 Å². The van der Waals surface area contributed by atoms with Crippen LogP contribution in [0, 0.1) is 0 Å². The summed E-state index contributed by atoms with van der Waals surface area (Å²) < 4.78 is 7.14. The molecule has 0 aliphatic rings. The molecule has 0 saturated carbocycles. The molecule has 0 unspecified atom stereocenters. The van der Waals surface area contributed by atoms with Gasteiger partial charge in [-0.2, -0.15) is 0 Å².